The van der Waals surface area contributed by atoms with E-state index < -0.39 is 5.91 Å². The van der Waals surface area contributed by atoms with Crippen molar-refractivity contribution in [3.05, 3.63) is 77.6 Å². The molecule has 25 heavy (non-hydrogen) atoms. The molecule has 4 nitrogen and oxygen atoms in total. The Kier molecular flexibility index (Phi) is 3.69. The number of imide groups is 1. The smallest absolute Gasteiger partial charge is 0.298 e. The number of thioether (sulfide) groups is 1. The number of hydrogen-bond acceptors (Lipinski definition) is 3. The second kappa shape index (κ2) is 5.89. The van der Waals surface area contributed by atoms with Gasteiger partial charge in [0.25, 0.3) is 11.1 Å². The first kappa shape index (κ1) is 15.7. The molecule has 0 aliphatic carbocycles. The number of aromatic nitrogens is 1. The van der Waals surface area contributed by atoms with Crippen molar-refractivity contribution in [1.82, 2.24) is 4.57 Å². The van der Waals surface area contributed by atoms with Gasteiger partial charge in [0, 0.05) is 17.1 Å². The van der Waals surface area contributed by atoms with Gasteiger partial charge in [-0.3, -0.25) is 9.59 Å². The lowest BCUT2D eigenvalue weighted by atomic mass is 10.2. The highest BCUT2D eigenvalue weighted by Crippen LogP contribution is 2.38. The molecule has 6 heteroatoms. The lowest BCUT2D eigenvalue weighted by Crippen LogP contribution is -2.27. The molecule has 1 aliphatic heterocycles. The van der Waals surface area contributed by atoms with Gasteiger partial charge >= 0.3 is 0 Å². The van der Waals surface area contributed by atoms with Crippen LogP contribution in [0.2, 0.25) is 0 Å². The van der Waals surface area contributed by atoms with Crippen LogP contribution in [0.15, 0.2) is 66.2 Å². The molecule has 0 atom stereocenters. The number of amides is 2. The van der Waals surface area contributed by atoms with Crippen molar-refractivity contribution in [2.24, 2.45) is 0 Å². The van der Waals surface area contributed by atoms with Gasteiger partial charge in [0.05, 0.1) is 22.7 Å². The molecule has 1 aromatic heterocycles. The Labute approximate surface area is 147 Å². The number of carbonyl (C=O) groups excluding carboxylic acids is 2. The van der Waals surface area contributed by atoms with Gasteiger partial charge in [0.2, 0.25) is 0 Å². The number of hydrogen-bond donors (Lipinski definition) is 0. The summed E-state index contributed by atoms with van der Waals surface area (Å²) < 4.78 is 15.9. The Hall–Kier alpha value is -2.86. The summed E-state index contributed by atoms with van der Waals surface area (Å²) in [5.41, 5.74) is 1.85. The zero-order valence-electron chi connectivity index (χ0n) is 13.1. The van der Waals surface area contributed by atoms with Crippen LogP contribution in [-0.2, 0) is 11.3 Å². The van der Waals surface area contributed by atoms with Gasteiger partial charge in [-0.05, 0) is 23.9 Å². The lowest BCUT2D eigenvalue weighted by molar-refractivity contribution is -0.113. The van der Waals surface area contributed by atoms with E-state index in [0.717, 1.165) is 27.6 Å². The van der Waals surface area contributed by atoms with Gasteiger partial charge in [-0.25, -0.2) is 9.29 Å². The molecule has 2 aromatic carbocycles. The fraction of sp³-hybridized carbons (Fsp3) is 0.0526. The van der Waals surface area contributed by atoms with Crippen LogP contribution < -0.4 is 4.90 Å². The molecule has 4 rings (SSSR count). The Balaban J connectivity index is 1.85. The molecule has 0 spiro atoms. The number of halogens is 1. The van der Waals surface area contributed by atoms with Gasteiger partial charge in [-0.1, -0.05) is 43.0 Å². The molecule has 1 aliphatic rings. The fourth-order valence-electron chi connectivity index (χ4n) is 2.96. The third-order valence-electron chi connectivity index (χ3n) is 4.14. The lowest BCUT2D eigenvalue weighted by Gasteiger charge is -2.10. The summed E-state index contributed by atoms with van der Waals surface area (Å²) in [5, 5.41) is 0.389. The minimum absolute atomic E-state index is 0.205. The zero-order valence-corrected chi connectivity index (χ0v) is 13.9. The van der Waals surface area contributed by atoms with Gasteiger partial charge in [0.15, 0.2) is 0 Å². The van der Waals surface area contributed by atoms with E-state index in [9.17, 15) is 14.0 Å². The summed E-state index contributed by atoms with van der Waals surface area (Å²) in [6.45, 7) is 3.93. The number of rotatable bonds is 3. The summed E-state index contributed by atoms with van der Waals surface area (Å²) in [5.74, 6) is -0.706. The molecule has 124 valence electrons. The molecule has 0 unspecified atom stereocenters. The first-order valence-corrected chi connectivity index (χ1v) is 8.44. The highest BCUT2D eigenvalue weighted by Gasteiger charge is 2.36. The Bertz CT molecular complexity index is 1040. The van der Waals surface area contributed by atoms with Crippen LogP contribution in [-0.4, -0.2) is 15.7 Å². The molecular weight excluding hydrogens is 339 g/mol. The molecule has 0 N–H and O–H groups in total. The van der Waals surface area contributed by atoms with Gasteiger partial charge in [-0.2, -0.15) is 0 Å². The summed E-state index contributed by atoms with van der Waals surface area (Å²) in [7, 11) is 0. The van der Waals surface area contributed by atoms with Crippen molar-refractivity contribution in [1.29, 1.82) is 0 Å². The van der Waals surface area contributed by atoms with Gasteiger partial charge in [0.1, 0.15) is 5.82 Å². The minimum atomic E-state index is -0.413. The normalized spacial score (nSPS) is 14.8. The molecule has 1 saturated heterocycles. The third kappa shape index (κ3) is 2.55. The van der Waals surface area contributed by atoms with Crippen LogP contribution in [0, 0.1) is 5.82 Å². The number of para-hydroxylation sites is 1. The van der Waals surface area contributed by atoms with Gasteiger partial charge in [-0.15, -0.1) is 0 Å². The maximum Gasteiger partial charge on any atom is 0.298 e. The van der Waals surface area contributed by atoms with Crippen LogP contribution in [0.3, 0.4) is 0 Å². The molecule has 0 radical (unpaired) electrons. The average molecular weight is 352 g/mol. The Morgan fingerprint density at radius 2 is 1.76 bits per heavy atom. The molecule has 2 heterocycles. The second-order valence-electron chi connectivity index (χ2n) is 5.68. The minimum Gasteiger partial charge on any atom is -0.341 e. The third-order valence-corrected chi connectivity index (χ3v) is 4.92. The number of fused-ring (bicyclic) bond motifs is 1. The average Bonchev–Trinajstić information content (AvgIpc) is 3.07. The van der Waals surface area contributed by atoms with Crippen molar-refractivity contribution >= 4 is 39.5 Å². The van der Waals surface area contributed by atoms with Crippen molar-refractivity contribution in [2.75, 3.05) is 4.90 Å². The van der Waals surface area contributed by atoms with Crippen LogP contribution >= 0.6 is 11.8 Å². The van der Waals surface area contributed by atoms with E-state index in [2.05, 4.69) is 6.58 Å². The molecule has 2 amide bonds. The van der Waals surface area contributed by atoms with E-state index in [4.69, 9.17) is 0 Å². The fourth-order valence-corrected chi connectivity index (χ4v) is 3.62. The first-order chi connectivity index (χ1) is 12.1. The Morgan fingerprint density at radius 1 is 1.04 bits per heavy atom. The summed E-state index contributed by atoms with van der Waals surface area (Å²) in [6.07, 6.45) is 1.71. The molecule has 0 saturated carbocycles. The van der Waals surface area contributed by atoms with Gasteiger partial charge < -0.3 is 4.57 Å². The zero-order chi connectivity index (χ0) is 17.6. The molecule has 0 bridgehead atoms. The maximum atomic E-state index is 14.0. The quantitative estimate of drug-likeness (QED) is 0.650. The van der Waals surface area contributed by atoms with Crippen molar-refractivity contribution in [3.8, 4) is 0 Å². The monoisotopic (exact) mass is 352 g/mol. The van der Waals surface area contributed by atoms with E-state index in [0.29, 0.717) is 17.8 Å². The number of nitrogens with zero attached hydrogens (tertiary/aromatic N) is 2. The van der Waals surface area contributed by atoms with Crippen LogP contribution in [0.5, 0.6) is 0 Å². The SMILES string of the molecule is C=C1SC(=O)N(c2cn(Cc3ccccc3F)c3ccccc23)C1=O. The number of carbonyl (C=O) groups is 2. The van der Waals surface area contributed by atoms with E-state index in [1.54, 1.807) is 24.4 Å². The predicted octanol–water partition coefficient (Wildman–Crippen LogP) is 4.54. The van der Waals surface area contributed by atoms with Crippen LogP contribution in [0.4, 0.5) is 14.9 Å². The number of anilines is 1. The molecular formula is C19H13FN2O2S. The second-order valence-corrected chi connectivity index (χ2v) is 6.73. The predicted molar refractivity (Wildman–Crippen MR) is 97.1 cm³/mol. The van der Waals surface area contributed by atoms with E-state index in [1.807, 2.05) is 28.8 Å². The number of benzene rings is 2. The standard InChI is InChI=1S/C19H13FN2O2S/c1-12-18(23)22(19(24)25-12)17-11-21(16-9-5-3-7-14(16)17)10-13-6-2-4-8-15(13)20/h2-9,11H,1,10H2. The molecule has 1 fully saturated rings. The highest BCUT2D eigenvalue weighted by atomic mass is 32.2. The van der Waals surface area contributed by atoms with E-state index >= 15 is 0 Å². The van der Waals surface area contributed by atoms with Crippen LogP contribution in [0.25, 0.3) is 10.9 Å². The summed E-state index contributed by atoms with van der Waals surface area (Å²) in [6, 6.07) is 14.0. The van der Waals surface area contributed by atoms with E-state index in [-0.39, 0.29) is 16.0 Å². The van der Waals surface area contributed by atoms with Crippen molar-refractivity contribution in [3.63, 3.8) is 0 Å². The highest BCUT2D eigenvalue weighted by molar-refractivity contribution is 8.18. The summed E-state index contributed by atoms with van der Waals surface area (Å²) in [4.78, 5) is 25.8. The first-order valence-electron chi connectivity index (χ1n) is 7.62. The topological polar surface area (TPSA) is 42.3 Å². The van der Waals surface area contributed by atoms with Crippen molar-refractivity contribution in [2.45, 2.75) is 6.54 Å². The maximum absolute atomic E-state index is 14.0. The van der Waals surface area contributed by atoms with Crippen molar-refractivity contribution < 1.29 is 14.0 Å². The summed E-state index contributed by atoms with van der Waals surface area (Å²) >= 11 is 0.829. The Morgan fingerprint density at radius 3 is 2.48 bits per heavy atom. The van der Waals surface area contributed by atoms with Crippen LogP contribution in [0.1, 0.15) is 5.56 Å². The largest absolute Gasteiger partial charge is 0.341 e. The van der Waals surface area contributed by atoms with E-state index in [1.165, 1.54) is 6.07 Å². The molecule has 3 aromatic rings.